The molecule has 1 saturated carbocycles. The minimum Gasteiger partial charge on any atom is -0.494 e. The SMILES string of the molecule is CCOc1ccc(Br)cc1CNCC1CCC(C2(N)N=CC=C(N(C)C)N2)CC1. The summed E-state index contributed by atoms with van der Waals surface area (Å²) >= 11 is 3.56. The van der Waals surface area contributed by atoms with E-state index in [9.17, 15) is 0 Å². The Labute approximate surface area is 183 Å². The Morgan fingerprint density at radius 1 is 1.31 bits per heavy atom. The smallest absolute Gasteiger partial charge is 0.186 e. The molecule has 0 amide bonds. The zero-order valence-corrected chi connectivity index (χ0v) is 19.3. The van der Waals surface area contributed by atoms with Crippen molar-refractivity contribution in [2.24, 2.45) is 22.6 Å². The van der Waals surface area contributed by atoms with Crippen LogP contribution in [0.1, 0.15) is 38.2 Å². The Morgan fingerprint density at radius 2 is 2.07 bits per heavy atom. The first-order valence-corrected chi connectivity index (χ1v) is 11.3. The van der Waals surface area contributed by atoms with Gasteiger partial charge in [-0.3, -0.25) is 10.7 Å². The largest absolute Gasteiger partial charge is 0.494 e. The second-order valence-corrected chi connectivity index (χ2v) is 9.12. The predicted molar refractivity (Wildman–Crippen MR) is 123 cm³/mol. The van der Waals surface area contributed by atoms with Crippen LogP contribution in [0, 0.1) is 11.8 Å². The fourth-order valence-electron chi connectivity index (χ4n) is 4.18. The summed E-state index contributed by atoms with van der Waals surface area (Å²) in [5.74, 6) is 2.32. The third-order valence-corrected chi connectivity index (χ3v) is 6.36. The molecule has 2 aliphatic rings. The lowest BCUT2D eigenvalue weighted by atomic mass is 9.78. The lowest BCUT2D eigenvalue weighted by Crippen LogP contribution is -2.60. The Morgan fingerprint density at radius 3 is 2.76 bits per heavy atom. The first-order valence-electron chi connectivity index (χ1n) is 10.5. The van der Waals surface area contributed by atoms with Gasteiger partial charge in [0, 0.05) is 42.8 Å². The van der Waals surface area contributed by atoms with Crippen molar-refractivity contribution in [2.75, 3.05) is 27.2 Å². The summed E-state index contributed by atoms with van der Waals surface area (Å²) in [6.45, 7) is 4.53. The minimum atomic E-state index is -0.685. The average Bonchev–Trinajstić information content (AvgIpc) is 2.70. The quantitative estimate of drug-likeness (QED) is 0.550. The van der Waals surface area contributed by atoms with Gasteiger partial charge in [-0.05, 0) is 69.3 Å². The first kappa shape index (κ1) is 22.1. The highest BCUT2D eigenvalue weighted by molar-refractivity contribution is 9.10. The Kier molecular flexibility index (Phi) is 7.60. The maximum atomic E-state index is 6.63. The molecule has 0 spiro atoms. The predicted octanol–water partition coefficient (Wildman–Crippen LogP) is 3.43. The van der Waals surface area contributed by atoms with E-state index in [1.807, 2.05) is 50.3 Å². The molecule has 1 fully saturated rings. The van der Waals surface area contributed by atoms with Crippen LogP contribution in [0.4, 0.5) is 0 Å². The minimum absolute atomic E-state index is 0.355. The van der Waals surface area contributed by atoms with Gasteiger partial charge in [0.25, 0.3) is 0 Å². The van der Waals surface area contributed by atoms with E-state index in [2.05, 4.69) is 37.6 Å². The molecule has 1 aliphatic carbocycles. The molecule has 29 heavy (non-hydrogen) atoms. The number of rotatable bonds is 8. The van der Waals surface area contributed by atoms with Crippen LogP contribution in [-0.4, -0.2) is 44.1 Å². The molecule has 1 heterocycles. The summed E-state index contributed by atoms with van der Waals surface area (Å²) in [5.41, 5.74) is 7.83. The van der Waals surface area contributed by atoms with Gasteiger partial charge in [0.15, 0.2) is 5.79 Å². The second kappa shape index (κ2) is 9.96. The van der Waals surface area contributed by atoms with Crippen molar-refractivity contribution in [3.8, 4) is 5.75 Å². The molecule has 0 bridgehead atoms. The summed E-state index contributed by atoms with van der Waals surface area (Å²) in [4.78, 5) is 6.63. The molecule has 0 saturated heterocycles. The molecule has 1 aliphatic heterocycles. The van der Waals surface area contributed by atoms with Gasteiger partial charge < -0.3 is 20.3 Å². The number of halogens is 1. The van der Waals surface area contributed by atoms with Gasteiger partial charge in [-0.2, -0.15) is 0 Å². The third kappa shape index (κ3) is 5.74. The van der Waals surface area contributed by atoms with Crippen molar-refractivity contribution in [1.82, 2.24) is 15.5 Å². The van der Waals surface area contributed by atoms with Gasteiger partial charge in [-0.15, -0.1) is 0 Å². The van der Waals surface area contributed by atoms with E-state index < -0.39 is 5.79 Å². The fraction of sp³-hybridized carbons (Fsp3) is 0.591. The van der Waals surface area contributed by atoms with Crippen LogP contribution in [0.15, 0.2) is 39.6 Å². The van der Waals surface area contributed by atoms with Crippen LogP contribution in [0.3, 0.4) is 0 Å². The van der Waals surface area contributed by atoms with E-state index in [4.69, 9.17) is 10.5 Å². The molecule has 1 unspecified atom stereocenters. The van der Waals surface area contributed by atoms with Crippen molar-refractivity contribution in [3.05, 3.63) is 40.1 Å². The zero-order valence-electron chi connectivity index (χ0n) is 17.7. The number of allylic oxidation sites excluding steroid dienone is 1. The van der Waals surface area contributed by atoms with Crippen LogP contribution in [-0.2, 0) is 6.54 Å². The van der Waals surface area contributed by atoms with E-state index in [0.29, 0.717) is 18.4 Å². The van der Waals surface area contributed by atoms with Gasteiger partial charge in [-0.1, -0.05) is 15.9 Å². The highest BCUT2D eigenvalue weighted by Gasteiger charge is 2.38. The van der Waals surface area contributed by atoms with E-state index in [1.165, 1.54) is 18.4 Å². The highest BCUT2D eigenvalue weighted by atomic mass is 79.9. The number of aliphatic imine (C=N–C) groups is 1. The maximum Gasteiger partial charge on any atom is 0.186 e. The number of nitrogens with zero attached hydrogens (tertiary/aromatic N) is 2. The lowest BCUT2D eigenvalue weighted by molar-refractivity contribution is 0.146. The second-order valence-electron chi connectivity index (χ2n) is 8.21. The summed E-state index contributed by atoms with van der Waals surface area (Å²) in [7, 11) is 4.03. The number of hydrogen-bond donors (Lipinski definition) is 3. The number of hydrogen-bond acceptors (Lipinski definition) is 6. The number of nitrogens with two attached hydrogens (primary N) is 1. The molecule has 160 valence electrons. The van der Waals surface area contributed by atoms with Crippen molar-refractivity contribution >= 4 is 22.1 Å². The van der Waals surface area contributed by atoms with Crippen molar-refractivity contribution in [2.45, 2.75) is 44.9 Å². The van der Waals surface area contributed by atoms with Crippen molar-refractivity contribution in [1.29, 1.82) is 0 Å². The summed E-state index contributed by atoms with van der Waals surface area (Å²) in [5, 5.41) is 7.07. The molecule has 4 N–H and O–H groups in total. The molecule has 1 aromatic rings. The Balaban J connectivity index is 1.47. The van der Waals surface area contributed by atoms with Crippen LogP contribution < -0.4 is 21.1 Å². The molecule has 3 rings (SSSR count). The van der Waals surface area contributed by atoms with E-state index >= 15 is 0 Å². The van der Waals surface area contributed by atoms with E-state index in [1.54, 1.807) is 0 Å². The van der Waals surface area contributed by atoms with E-state index in [-0.39, 0.29) is 0 Å². The first-order chi connectivity index (χ1) is 13.9. The molecular formula is C22H34BrN5O. The fourth-order valence-corrected chi connectivity index (χ4v) is 4.59. The summed E-state index contributed by atoms with van der Waals surface area (Å²) < 4.78 is 6.83. The van der Waals surface area contributed by atoms with Gasteiger partial charge in [0.1, 0.15) is 11.6 Å². The zero-order chi connectivity index (χ0) is 20.9. The van der Waals surface area contributed by atoms with Gasteiger partial charge >= 0.3 is 0 Å². The van der Waals surface area contributed by atoms with Crippen molar-refractivity contribution in [3.63, 3.8) is 0 Å². The van der Waals surface area contributed by atoms with Crippen LogP contribution >= 0.6 is 15.9 Å². The monoisotopic (exact) mass is 463 g/mol. The molecule has 6 nitrogen and oxygen atoms in total. The van der Waals surface area contributed by atoms with E-state index in [0.717, 1.165) is 42.0 Å². The van der Waals surface area contributed by atoms with Crippen LogP contribution in [0.2, 0.25) is 0 Å². The normalized spacial score (nSPS) is 26.6. The Bertz CT molecular complexity index is 743. The molecule has 7 heteroatoms. The molecule has 0 radical (unpaired) electrons. The summed E-state index contributed by atoms with van der Waals surface area (Å²) in [6, 6.07) is 6.19. The number of nitrogens with one attached hydrogen (secondary N) is 2. The molecule has 0 aromatic heterocycles. The summed E-state index contributed by atoms with van der Waals surface area (Å²) in [6.07, 6.45) is 8.34. The molecular weight excluding hydrogens is 430 g/mol. The lowest BCUT2D eigenvalue weighted by Gasteiger charge is -2.42. The maximum absolute atomic E-state index is 6.63. The highest BCUT2D eigenvalue weighted by Crippen LogP contribution is 2.35. The third-order valence-electron chi connectivity index (χ3n) is 5.87. The van der Waals surface area contributed by atoms with Crippen molar-refractivity contribution < 1.29 is 4.74 Å². The average molecular weight is 464 g/mol. The van der Waals surface area contributed by atoms with Crippen LogP contribution in [0.25, 0.3) is 0 Å². The van der Waals surface area contributed by atoms with Crippen LogP contribution in [0.5, 0.6) is 5.75 Å². The molecule has 1 atom stereocenters. The standard InChI is InChI=1S/C22H34BrN5O/c1-4-29-20-10-9-19(23)13-17(20)15-25-14-16-5-7-18(8-6-16)22(24)26-12-11-21(27-22)28(2)3/h9-13,16,18,25,27H,4-8,14-15,24H2,1-3H3. The topological polar surface area (TPSA) is 74.9 Å². The number of benzene rings is 1. The van der Waals surface area contributed by atoms with Gasteiger partial charge in [0.05, 0.1) is 6.61 Å². The Hall–Kier alpha value is -1.57. The number of ether oxygens (including phenoxy) is 1. The molecule has 1 aromatic carbocycles. The van der Waals surface area contributed by atoms with Gasteiger partial charge in [-0.25, -0.2) is 0 Å². The van der Waals surface area contributed by atoms with Gasteiger partial charge in [0.2, 0.25) is 0 Å².